The molecule has 0 unspecified atom stereocenters. The molecule has 0 radical (unpaired) electrons. The molecule has 28 heteroatoms. The first kappa shape index (κ1) is 38.2. The number of imide groups is 4. The van der Waals surface area contributed by atoms with Gasteiger partial charge in [-0.05, 0) is 0 Å². The van der Waals surface area contributed by atoms with Crippen molar-refractivity contribution in [2.24, 2.45) is 22.9 Å². The van der Waals surface area contributed by atoms with Crippen LogP contribution in [-0.2, 0) is 35.9 Å². The summed E-state index contributed by atoms with van der Waals surface area (Å²) in [7, 11) is 0. The maximum Gasteiger partial charge on any atom is 0.426 e. The molecule has 0 aromatic heterocycles. The summed E-state index contributed by atoms with van der Waals surface area (Å²) in [6.45, 7) is 0. The van der Waals surface area contributed by atoms with Crippen molar-refractivity contribution in [2.45, 2.75) is 6.42 Å². The average molecular weight is 663 g/mol. The van der Waals surface area contributed by atoms with E-state index in [9.17, 15) is 38.4 Å². The van der Waals surface area contributed by atoms with E-state index in [0.717, 1.165) is 0 Å². The molecule has 0 spiro atoms. The summed E-state index contributed by atoms with van der Waals surface area (Å²) in [5, 5.41) is 30.9. The Bertz CT molecular complexity index is 1040. The molecule has 0 saturated heterocycles. The van der Waals surface area contributed by atoms with E-state index >= 15 is 0 Å². The molecule has 0 aliphatic heterocycles. The van der Waals surface area contributed by atoms with Gasteiger partial charge >= 0.3 is 36.2 Å². The molecule has 0 saturated carbocycles. The van der Waals surface area contributed by atoms with Crippen LogP contribution in [0.3, 0.4) is 0 Å². The van der Waals surface area contributed by atoms with E-state index in [2.05, 4.69) is 16.7 Å². The number of nitrogens with one attached hydrogen (secondary N) is 8. The highest BCUT2D eigenvalue weighted by molar-refractivity contribution is 8.10. The molecule has 8 amide bonds. The quantitative estimate of drug-likeness (QED) is 0.0479. The van der Waals surface area contributed by atoms with Gasteiger partial charge in [-0.15, -0.1) is 0 Å². The molecule has 16 N–H and O–H groups in total. The van der Waals surface area contributed by atoms with Crippen molar-refractivity contribution in [3.05, 3.63) is 0 Å². The molecule has 0 aliphatic rings. The van der Waals surface area contributed by atoms with Crippen molar-refractivity contribution in [1.82, 2.24) is 21.3 Å². The lowest BCUT2D eigenvalue weighted by Crippen LogP contribution is -2.44. The zero-order valence-corrected chi connectivity index (χ0v) is 22.8. The molecule has 0 fully saturated rings. The van der Waals surface area contributed by atoms with Crippen molar-refractivity contribution in [3.8, 4) is 0 Å². The maximum absolute atomic E-state index is 11.2. The molecule has 41 heavy (non-hydrogen) atoms. The minimum Gasteiger partial charge on any atom is -0.376 e. The number of amidine groups is 4. The van der Waals surface area contributed by atoms with Crippen LogP contribution >= 0.6 is 48.2 Å². The Hall–Kier alpha value is -4.96. The number of hydrogen-bond acceptors (Lipinski definition) is 20. The fraction of sp³-hybridized carbons (Fsp3) is 0.0769. The fourth-order valence-electron chi connectivity index (χ4n) is 1.18. The normalized spacial score (nSPS) is 9.07. The summed E-state index contributed by atoms with van der Waals surface area (Å²) in [6.07, 6.45) is -6.06. The highest BCUT2D eigenvalue weighted by Crippen LogP contribution is 2.02. The summed E-state index contributed by atoms with van der Waals surface area (Å²) in [4.78, 5) is 88.2. The third-order valence-corrected chi connectivity index (χ3v) is 3.93. The summed E-state index contributed by atoms with van der Waals surface area (Å²) < 4.78 is 16.8. The molecule has 24 nitrogen and oxygen atoms in total. The third kappa shape index (κ3) is 25.1. The Morgan fingerprint density at radius 1 is 0.463 bits per heavy atom. The average Bonchev–Trinajstić information content (AvgIpc) is 2.83. The summed E-state index contributed by atoms with van der Waals surface area (Å²) in [5.41, 5.74) is 19.4. The van der Waals surface area contributed by atoms with Gasteiger partial charge in [-0.3, -0.25) is 62.1 Å². The lowest BCUT2D eigenvalue weighted by molar-refractivity contribution is -0.138. The molecular weight excluding hydrogens is 644 g/mol. The zero-order chi connectivity index (χ0) is 32.1. The maximum atomic E-state index is 11.2. The smallest absolute Gasteiger partial charge is 0.376 e. The highest BCUT2D eigenvalue weighted by Gasteiger charge is 2.21. The third-order valence-electron chi connectivity index (χ3n) is 2.27. The molecule has 0 aliphatic carbocycles. The van der Waals surface area contributed by atoms with Crippen LogP contribution in [0.2, 0.25) is 0 Å². The predicted molar refractivity (Wildman–Crippen MR) is 141 cm³/mol. The number of rotatable bonds is 2. The second kappa shape index (κ2) is 20.9. The fourth-order valence-corrected chi connectivity index (χ4v) is 2.00. The second-order valence-corrected chi connectivity index (χ2v) is 8.55. The van der Waals surface area contributed by atoms with E-state index in [1.165, 1.54) is 10.6 Å². The van der Waals surface area contributed by atoms with Gasteiger partial charge in [-0.1, -0.05) is 0 Å². The van der Waals surface area contributed by atoms with Gasteiger partial charge in [-0.2, -0.15) is 0 Å². The molecule has 0 bridgehead atoms. The molecule has 0 aromatic rings. The van der Waals surface area contributed by atoms with Crippen LogP contribution < -0.4 is 44.2 Å². The minimum absolute atomic E-state index is 0.151. The van der Waals surface area contributed by atoms with E-state index in [1.54, 1.807) is 10.6 Å². The van der Waals surface area contributed by atoms with Crippen molar-refractivity contribution < 1.29 is 55.1 Å². The standard InChI is InChI=1S/C7H10N6O6S2.C6H8N6O6S2/c8-4(9)20-18-6(16)12-2(14)1-3(15)13-7(17)19-21-5(10)11;7-3(8)19-17-5(15)11-1(13)2(14)12-6(16)18-20-4(9)10/h1H2,(H3,8,9)(H3,10,11)(H,12,14,16)(H,13,15,17);(H3,7,8)(H3,9,10)(H,11,13,15)(H,12,14,16). The number of carbonyl (C=O) groups is 8. The van der Waals surface area contributed by atoms with Crippen molar-refractivity contribution in [1.29, 1.82) is 21.6 Å². The Balaban J connectivity index is 0. The van der Waals surface area contributed by atoms with Crippen molar-refractivity contribution >= 4 is 117 Å². The van der Waals surface area contributed by atoms with Crippen LogP contribution in [0.1, 0.15) is 6.42 Å². The van der Waals surface area contributed by atoms with Gasteiger partial charge in [0.05, 0.1) is 0 Å². The number of carbonyl (C=O) groups excluding carboxylic acids is 8. The minimum atomic E-state index is -1.51. The predicted octanol–water partition coefficient (Wildman–Crippen LogP) is -2.46. The van der Waals surface area contributed by atoms with Crippen LogP contribution in [0.4, 0.5) is 19.2 Å². The Morgan fingerprint density at radius 3 is 0.902 bits per heavy atom. The monoisotopic (exact) mass is 662 g/mol. The first-order chi connectivity index (χ1) is 18.9. The molecule has 0 atom stereocenters. The van der Waals surface area contributed by atoms with Gasteiger partial charge in [-0.25, -0.2) is 19.2 Å². The van der Waals surface area contributed by atoms with Gasteiger partial charge in [0.15, 0.2) is 20.7 Å². The van der Waals surface area contributed by atoms with Gasteiger partial charge in [0, 0.05) is 0 Å². The first-order valence-electron chi connectivity index (χ1n) is 9.04. The first-order valence-corrected chi connectivity index (χ1v) is 12.0. The number of nitrogens with two attached hydrogens (primary N) is 4. The van der Waals surface area contributed by atoms with Gasteiger partial charge in [0.1, 0.15) is 54.6 Å². The SMILES string of the molecule is N=C(N)SOC(=O)NC(=O)C(=O)NC(=O)OSC(=N)N.N=C(N)SOC(=O)NC(=O)CC(=O)NC(=O)OSC(=N)N. The molecule has 0 aromatic carbocycles. The topological polar surface area (TPSA) is 421 Å². The molecular formula is C13H18N12O12S4. The lowest BCUT2D eigenvalue weighted by Gasteiger charge is -2.04. The highest BCUT2D eigenvalue weighted by atomic mass is 32.2. The Morgan fingerprint density at radius 2 is 0.683 bits per heavy atom. The Labute approximate surface area is 243 Å². The van der Waals surface area contributed by atoms with Crippen LogP contribution in [0.25, 0.3) is 0 Å². The Kier molecular flexibility index (Phi) is 19.5. The largest absolute Gasteiger partial charge is 0.426 e. The van der Waals surface area contributed by atoms with Crippen LogP contribution in [0.5, 0.6) is 0 Å². The van der Waals surface area contributed by atoms with E-state index in [0.29, 0.717) is 0 Å². The van der Waals surface area contributed by atoms with Gasteiger partial charge < -0.3 is 39.7 Å². The lowest BCUT2D eigenvalue weighted by atomic mass is 10.4. The number of amides is 8. The number of hydrogen-bond donors (Lipinski definition) is 12. The van der Waals surface area contributed by atoms with Crippen LogP contribution in [-0.4, -0.2) is 68.7 Å². The van der Waals surface area contributed by atoms with E-state index in [4.69, 9.17) is 44.6 Å². The molecule has 226 valence electrons. The van der Waals surface area contributed by atoms with E-state index in [-0.39, 0.29) is 48.2 Å². The van der Waals surface area contributed by atoms with E-state index in [1.807, 2.05) is 0 Å². The van der Waals surface area contributed by atoms with Crippen molar-refractivity contribution in [3.63, 3.8) is 0 Å². The summed E-state index contributed by atoms with van der Waals surface area (Å²) in [5.74, 6) is -5.14. The molecule has 0 heterocycles. The zero-order valence-electron chi connectivity index (χ0n) is 19.5. The summed E-state index contributed by atoms with van der Waals surface area (Å²) >= 11 is 0.717. The van der Waals surface area contributed by atoms with Gasteiger partial charge in [0.25, 0.3) is 0 Å². The van der Waals surface area contributed by atoms with Crippen LogP contribution in [0, 0.1) is 21.6 Å². The second-order valence-electron chi connectivity index (χ2n) is 5.45. The molecule has 0 rings (SSSR count). The van der Waals surface area contributed by atoms with E-state index < -0.39 is 75.1 Å². The van der Waals surface area contributed by atoms with Crippen LogP contribution in [0.15, 0.2) is 0 Å². The summed E-state index contributed by atoms with van der Waals surface area (Å²) in [6, 6.07) is 0. The van der Waals surface area contributed by atoms with Crippen molar-refractivity contribution in [2.75, 3.05) is 0 Å². The van der Waals surface area contributed by atoms with Gasteiger partial charge in [0.2, 0.25) is 11.8 Å².